The van der Waals surface area contributed by atoms with Crippen molar-refractivity contribution in [3.63, 3.8) is 0 Å². The topological polar surface area (TPSA) is 44.8 Å². The molecule has 0 aliphatic carbocycles. The Balaban J connectivity index is 2.36. The minimum absolute atomic E-state index is 0.145. The van der Waals surface area contributed by atoms with Gasteiger partial charge < -0.3 is 13.9 Å². The van der Waals surface area contributed by atoms with E-state index in [9.17, 15) is 4.79 Å². The second-order valence-corrected chi connectivity index (χ2v) is 12.8. The fourth-order valence-corrected chi connectivity index (χ4v) is 3.14. The fourth-order valence-electron chi connectivity index (χ4n) is 2.11. The lowest BCUT2D eigenvalue weighted by Gasteiger charge is -2.37. The molecule has 1 aromatic carbocycles. The number of carbonyl (C=O) groups is 1. The lowest BCUT2D eigenvalue weighted by atomic mass is 10.2. The number of hydrogen-bond donors (Lipinski definition) is 0. The van der Waals surface area contributed by atoms with Crippen LogP contribution in [-0.4, -0.2) is 33.6 Å². The van der Waals surface area contributed by atoms with Crippen molar-refractivity contribution >= 4 is 14.3 Å². The molecule has 0 aromatic heterocycles. The van der Waals surface area contributed by atoms with Crippen LogP contribution in [-0.2, 0) is 25.3 Å². The predicted octanol–water partition coefficient (Wildman–Crippen LogP) is 4.94. The molecule has 1 rings (SSSR count). The molecule has 0 unspecified atom stereocenters. The Labute approximate surface area is 154 Å². The van der Waals surface area contributed by atoms with Gasteiger partial charge >= 0.3 is 5.97 Å². The Morgan fingerprint density at radius 3 is 2.36 bits per heavy atom. The summed E-state index contributed by atoms with van der Waals surface area (Å²) in [6.07, 6.45) is 1.39. The molecule has 0 radical (unpaired) electrons. The van der Waals surface area contributed by atoms with Gasteiger partial charge in [0, 0.05) is 13.5 Å². The summed E-state index contributed by atoms with van der Waals surface area (Å²) in [5, 5.41) is 0.145. The van der Waals surface area contributed by atoms with Gasteiger partial charge in [0.05, 0.1) is 13.2 Å². The van der Waals surface area contributed by atoms with Crippen molar-refractivity contribution in [2.75, 3.05) is 13.2 Å². The van der Waals surface area contributed by atoms with Crippen LogP contribution >= 0.6 is 0 Å². The van der Waals surface area contributed by atoms with Gasteiger partial charge in [-0.15, -0.1) is 0 Å². The first kappa shape index (κ1) is 21.9. The third-order valence-corrected chi connectivity index (χ3v) is 9.20. The summed E-state index contributed by atoms with van der Waals surface area (Å²) >= 11 is 0. The molecule has 0 N–H and O–H groups in total. The van der Waals surface area contributed by atoms with Gasteiger partial charge in [0.2, 0.25) is 0 Å². The highest BCUT2D eigenvalue weighted by Gasteiger charge is 2.37. The van der Waals surface area contributed by atoms with Crippen LogP contribution in [0.2, 0.25) is 18.1 Å². The average molecular weight is 367 g/mol. The minimum atomic E-state index is -1.84. The summed E-state index contributed by atoms with van der Waals surface area (Å²) in [5.74, 6) is -0.256. The molecule has 0 bridgehead atoms. The van der Waals surface area contributed by atoms with Crippen LogP contribution in [0.15, 0.2) is 30.3 Å². The molecule has 0 heterocycles. The molecule has 0 amide bonds. The number of hydrogen-bond acceptors (Lipinski definition) is 4. The molecule has 4 nitrogen and oxygen atoms in total. The van der Waals surface area contributed by atoms with E-state index in [-0.39, 0.29) is 17.1 Å². The van der Waals surface area contributed by atoms with E-state index in [1.807, 2.05) is 18.2 Å². The number of rotatable bonds is 10. The van der Waals surface area contributed by atoms with Crippen LogP contribution in [0.4, 0.5) is 0 Å². The van der Waals surface area contributed by atoms with Crippen molar-refractivity contribution in [2.24, 2.45) is 0 Å². The summed E-state index contributed by atoms with van der Waals surface area (Å²) in [5.41, 5.74) is 1.17. The lowest BCUT2D eigenvalue weighted by Crippen LogP contribution is -2.43. The van der Waals surface area contributed by atoms with Gasteiger partial charge in [0.25, 0.3) is 0 Å². The highest BCUT2D eigenvalue weighted by molar-refractivity contribution is 6.74. The molecule has 0 spiro atoms. The SMILES string of the molecule is CC(=O)O[C@@H](CCCOCc1ccccc1)CO[Si](C)(C)C(C)(C)C. The Morgan fingerprint density at radius 2 is 1.80 bits per heavy atom. The highest BCUT2D eigenvalue weighted by Crippen LogP contribution is 2.36. The Bertz CT molecular complexity index is 508. The van der Waals surface area contributed by atoms with Crippen LogP contribution in [0, 0.1) is 0 Å². The van der Waals surface area contributed by atoms with Gasteiger partial charge in [-0.25, -0.2) is 0 Å². The zero-order valence-corrected chi connectivity index (χ0v) is 17.6. The molecule has 0 saturated carbocycles. The van der Waals surface area contributed by atoms with E-state index in [0.717, 1.165) is 12.8 Å². The maximum Gasteiger partial charge on any atom is 0.302 e. The Hall–Kier alpha value is -1.17. The van der Waals surface area contributed by atoms with E-state index in [2.05, 4.69) is 46.0 Å². The maximum atomic E-state index is 11.4. The van der Waals surface area contributed by atoms with Crippen LogP contribution in [0.5, 0.6) is 0 Å². The third-order valence-electron chi connectivity index (χ3n) is 4.70. The van der Waals surface area contributed by atoms with Gasteiger partial charge in [-0.05, 0) is 36.5 Å². The summed E-state index contributed by atoms with van der Waals surface area (Å²) < 4.78 is 17.3. The summed E-state index contributed by atoms with van der Waals surface area (Å²) in [7, 11) is -1.84. The number of ether oxygens (including phenoxy) is 2. The number of esters is 1. The summed E-state index contributed by atoms with van der Waals surface area (Å²) in [4.78, 5) is 11.4. The molecule has 0 saturated heterocycles. The molecule has 1 atom stereocenters. The van der Waals surface area contributed by atoms with Crippen molar-refractivity contribution in [2.45, 2.75) is 71.4 Å². The molecule has 0 aliphatic heterocycles. The molecule has 1 aromatic rings. The van der Waals surface area contributed by atoms with Crippen molar-refractivity contribution in [1.29, 1.82) is 0 Å². The van der Waals surface area contributed by atoms with E-state index in [0.29, 0.717) is 19.8 Å². The first-order valence-electron chi connectivity index (χ1n) is 9.04. The van der Waals surface area contributed by atoms with E-state index in [4.69, 9.17) is 13.9 Å². The molecule has 0 fully saturated rings. The van der Waals surface area contributed by atoms with Crippen LogP contribution in [0.3, 0.4) is 0 Å². The second-order valence-electron chi connectivity index (χ2n) is 7.98. The van der Waals surface area contributed by atoms with Crippen LogP contribution in [0.1, 0.15) is 46.1 Å². The lowest BCUT2D eigenvalue weighted by molar-refractivity contribution is -0.148. The van der Waals surface area contributed by atoms with E-state index in [1.54, 1.807) is 0 Å². The molecular formula is C20H34O4Si. The quantitative estimate of drug-likeness (QED) is 0.334. The van der Waals surface area contributed by atoms with Crippen molar-refractivity contribution in [1.82, 2.24) is 0 Å². The molecular weight excluding hydrogens is 332 g/mol. The van der Waals surface area contributed by atoms with Gasteiger partial charge in [0.1, 0.15) is 6.10 Å². The standard InChI is InChI=1S/C20H34O4Si/c1-17(21)24-19(16-23-25(5,6)20(2,3)4)13-10-14-22-15-18-11-8-7-9-12-18/h7-9,11-12,19H,10,13-16H2,1-6H3/t19-/m0/s1. The third kappa shape index (κ3) is 8.65. The predicted molar refractivity (Wildman–Crippen MR) is 104 cm³/mol. The minimum Gasteiger partial charge on any atom is -0.460 e. The molecule has 0 aliphatic rings. The monoisotopic (exact) mass is 366 g/mol. The Kier molecular flexibility index (Phi) is 8.83. The van der Waals surface area contributed by atoms with Gasteiger partial charge in [0.15, 0.2) is 8.32 Å². The van der Waals surface area contributed by atoms with E-state index in [1.165, 1.54) is 12.5 Å². The first-order valence-corrected chi connectivity index (χ1v) is 12.0. The van der Waals surface area contributed by atoms with E-state index < -0.39 is 8.32 Å². The average Bonchev–Trinajstić information content (AvgIpc) is 2.51. The van der Waals surface area contributed by atoms with Crippen LogP contribution < -0.4 is 0 Å². The molecule has 142 valence electrons. The molecule has 5 heteroatoms. The fraction of sp³-hybridized carbons (Fsp3) is 0.650. The zero-order valence-electron chi connectivity index (χ0n) is 16.6. The van der Waals surface area contributed by atoms with Crippen LogP contribution in [0.25, 0.3) is 0 Å². The smallest absolute Gasteiger partial charge is 0.302 e. The summed E-state index contributed by atoms with van der Waals surface area (Å²) in [6.45, 7) is 14.2. The largest absolute Gasteiger partial charge is 0.460 e. The van der Waals surface area contributed by atoms with Crippen molar-refractivity contribution < 1.29 is 18.7 Å². The summed E-state index contributed by atoms with van der Waals surface area (Å²) in [6, 6.07) is 10.1. The number of carbonyl (C=O) groups excluding carboxylic acids is 1. The van der Waals surface area contributed by atoms with Gasteiger partial charge in [-0.1, -0.05) is 51.1 Å². The number of benzene rings is 1. The second kappa shape index (κ2) is 10.1. The maximum absolute atomic E-state index is 11.4. The highest BCUT2D eigenvalue weighted by atomic mass is 28.4. The molecule has 25 heavy (non-hydrogen) atoms. The first-order chi connectivity index (χ1) is 11.6. The van der Waals surface area contributed by atoms with Gasteiger partial charge in [-0.2, -0.15) is 0 Å². The normalized spacial score (nSPS) is 13.5. The van der Waals surface area contributed by atoms with E-state index >= 15 is 0 Å². The zero-order chi connectivity index (χ0) is 18.9. The van der Waals surface area contributed by atoms with Gasteiger partial charge in [-0.3, -0.25) is 4.79 Å². The Morgan fingerprint density at radius 1 is 1.16 bits per heavy atom. The van der Waals surface area contributed by atoms with Crippen molar-refractivity contribution in [3.8, 4) is 0 Å². The van der Waals surface area contributed by atoms with Crippen molar-refractivity contribution in [3.05, 3.63) is 35.9 Å².